The third-order valence-corrected chi connectivity index (χ3v) is 1.19. The van der Waals surface area contributed by atoms with E-state index in [1.165, 1.54) is 7.05 Å². The first kappa shape index (κ1) is 12.0. The van der Waals surface area contributed by atoms with E-state index in [1.54, 1.807) is 13.0 Å². The molecule has 14 heavy (non-hydrogen) atoms. The number of carbonyl (C=O) groups excluding carboxylic acids is 2. The van der Waals surface area contributed by atoms with Crippen molar-refractivity contribution in [2.45, 2.75) is 6.92 Å². The molecule has 2 N–H and O–H groups in total. The molecule has 0 aromatic rings. The van der Waals surface area contributed by atoms with Gasteiger partial charge in [-0.25, -0.2) is 9.59 Å². The first-order valence-corrected chi connectivity index (χ1v) is 3.91. The standard InChI is InChI=1S/C8H11N3O3/c1-3-14-7(12)6(4-9)5-11-8(13)10-2/h5H,3H2,1-2H3,(H2,10,11,13)/b6-5+. The van der Waals surface area contributed by atoms with E-state index in [4.69, 9.17) is 5.26 Å². The number of rotatable bonds is 3. The lowest BCUT2D eigenvalue weighted by molar-refractivity contribution is -0.138. The molecule has 0 radical (unpaired) electrons. The predicted molar refractivity (Wildman–Crippen MR) is 47.9 cm³/mol. The van der Waals surface area contributed by atoms with Crippen LogP contribution in [-0.4, -0.2) is 25.7 Å². The summed E-state index contributed by atoms with van der Waals surface area (Å²) in [7, 11) is 1.42. The number of urea groups is 1. The molecule has 0 saturated heterocycles. The summed E-state index contributed by atoms with van der Waals surface area (Å²) in [5.41, 5.74) is -0.254. The molecule has 0 saturated carbocycles. The molecule has 0 rings (SSSR count). The van der Waals surface area contributed by atoms with Crippen molar-refractivity contribution in [2.24, 2.45) is 0 Å². The molecule has 0 unspecified atom stereocenters. The van der Waals surface area contributed by atoms with Crippen LogP contribution >= 0.6 is 0 Å². The lowest BCUT2D eigenvalue weighted by Gasteiger charge is -2.00. The fourth-order valence-electron chi connectivity index (χ4n) is 0.556. The second kappa shape index (κ2) is 6.48. The van der Waals surface area contributed by atoms with Gasteiger partial charge in [-0.05, 0) is 6.92 Å². The van der Waals surface area contributed by atoms with Crippen LogP contribution in [0.5, 0.6) is 0 Å². The van der Waals surface area contributed by atoms with Crippen molar-refractivity contribution in [3.05, 3.63) is 11.8 Å². The van der Waals surface area contributed by atoms with Crippen molar-refractivity contribution in [1.29, 1.82) is 5.26 Å². The van der Waals surface area contributed by atoms with Crippen LogP contribution < -0.4 is 10.6 Å². The van der Waals surface area contributed by atoms with Gasteiger partial charge in [0.2, 0.25) is 0 Å². The third kappa shape index (κ3) is 4.11. The molecule has 6 heteroatoms. The Morgan fingerprint density at radius 3 is 2.64 bits per heavy atom. The van der Waals surface area contributed by atoms with Gasteiger partial charge in [0, 0.05) is 13.2 Å². The minimum atomic E-state index is -0.758. The number of hydrogen-bond donors (Lipinski definition) is 2. The van der Waals surface area contributed by atoms with Crippen molar-refractivity contribution in [1.82, 2.24) is 10.6 Å². The summed E-state index contributed by atoms with van der Waals surface area (Å²) in [5.74, 6) is -0.758. The molecule has 6 nitrogen and oxygen atoms in total. The minimum Gasteiger partial charge on any atom is -0.462 e. The van der Waals surface area contributed by atoms with E-state index in [0.29, 0.717) is 0 Å². The molecule has 0 aromatic heterocycles. The largest absolute Gasteiger partial charge is 0.462 e. The van der Waals surface area contributed by atoms with Gasteiger partial charge >= 0.3 is 12.0 Å². The maximum atomic E-state index is 11.0. The van der Waals surface area contributed by atoms with Gasteiger partial charge in [-0.2, -0.15) is 5.26 Å². The Labute approximate surface area is 81.5 Å². The Balaban J connectivity index is 4.34. The molecule has 0 aromatic carbocycles. The number of nitrogens with one attached hydrogen (secondary N) is 2. The van der Waals surface area contributed by atoms with Crippen LogP contribution in [0.1, 0.15) is 6.92 Å². The molecule has 0 spiro atoms. The van der Waals surface area contributed by atoms with Crippen molar-refractivity contribution in [3.63, 3.8) is 0 Å². The zero-order chi connectivity index (χ0) is 11.0. The molecule has 0 aliphatic carbocycles. The Morgan fingerprint density at radius 1 is 1.57 bits per heavy atom. The van der Waals surface area contributed by atoms with Gasteiger partial charge in [0.25, 0.3) is 0 Å². The van der Waals surface area contributed by atoms with Crippen LogP contribution in [0, 0.1) is 11.3 Å². The average Bonchev–Trinajstić information content (AvgIpc) is 2.18. The van der Waals surface area contributed by atoms with E-state index in [2.05, 4.69) is 15.4 Å². The molecular weight excluding hydrogens is 186 g/mol. The number of hydrogen-bond acceptors (Lipinski definition) is 4. The maximum absolute atomic E-state index is 11.0. The van der Waals surface area contributed by atoms with Gasteiger partial charge in [0.05, 0.1) is 6.61 Å². The molecule has 76 valence electrons. The maximum Gasteiger partial charge on any atom is 0.350 e. The van der Waals surface area contributed by atoms with Crippen LogP contribution in [0.3, 0.4) is 0 Å². The van der Waals surface area contributed by atoms with Gasteiger partial charge in [0.1, 0.15) is 6.07 Å². The lowest BCUT2D eigenvalue weighted by Crippen LogP contribution is -2.29. The van der Waals surface area contributed by atoms with Crippen molar-refractivity contribution in [3.8, 4) is 6.07 Å². The van der Waals surface area contributed by atoms with Gasteiger partial charge in [0.15, 0.2) is 5.57 Å². The normalized spacial score (nSPS) is 9.93. The van der Waals surface area contributed by atoms with Gasteiger partial charge in [-0.3, -0.25) is 0 Å². The van der Waals surface area contributed by atoms with Crippen LogP contribution in [-0.2, 0) is 9.53 Å². The molecular formula is C8H11N3O3. The number of ether oxygens (including phenoxy) is 1. The molecule has 0 atom stereocenters. The van der Waals surface area contributed by atoms with Crippen molar-refractivity contribution >= 4 is 12.0 Å². The van der Waals surface area contributed by atoms with Gasteiger partial charge < -0.3 is 15.4 Å². The van der Waals surface area contributed by atoms with Crippen LogP contribution in [0.25, 0.3) is 0 Å². The number of nitriles is 1. The van der Waals surface area contributed by atoms with Crippen LogP contribution in [0.15, 0.2) is 11.8 Å². The topological polar surface area (TPSA) is 91.2 Å². The molecule has 0 heterocycles. The first-order chi connectivity index (χ1) is 6.65. The van der Waals surface area contributed by atoms with E-state index in [0.717, 1.165) is 6.20 Å². The third-order valence-electron chi connectivity index (χ3n) is 1.19. The highest BCUT2D eigenvalue weighted by atomic mass is 16.5. The van der Waals surface area contributed by atoms with Crippen molar-refractivity contribution in [2.75, 3.05) is 13.7 Å². The fraction of sp³-hybridized carbons (Fsp3) is 0.375. The molecule has 0 aliphatic rings. The van der Waals surface area contributed by atoms with E-state index < -0.39 is 12.0 Å². The summed E-state index contributed by atoms with van der Waals surface area (Å²) in [5, 5.41) is 13.0. The Bertz CT molecular complexity index is 291. The molecule has 0 aliphatic heterocycles. The SMILES string of the molecule is CCOC(=O)/C(C#N)=C/NC(=O)NC. The van der Waals surface area contributed by atoms with Crippen LogP contribution in [0.4, 0.5) is 4.79 Å². The highest BCUT2D eigenvalue weighted by molar-refractivity contribution is 5.93. The highest BCUT2D eigenvalue weighted by Gasteiger charge is 2.09. The number of nitrogens with zero attached hydrogens (tertiary/aromatic N) is 1. The monoisotopic (exact) mass is 197 g/mol. The summed E-state index contributed by atoms with van der Waals surface area (Å²) in [6, 6.07) is 1.10. The summed E-state index contributed by atoms with van der Waals surface area (Å²) in [6.45, 7) is 1.80. The lowest BCUT2D eigenvalue weighted by atomic mass is 10.3. The molecule has 0 fully saturated rings. The van der Waals surface area contributed by atoms with E-state index in [-0.39, 0.29) is 12.2 Å². The van der Waals surface area contributed by atoms with Gasteiger partial charge in [-0.1, -0.05) is 0 Å². The summed E-state index contributed by atoms with van der Waals surface area (Å²) < 4.78 is 4.56. The van der Waals surface area contributed by atoms with E-state index >= 15 is 0 Å². The van der Waals surface area contributed by atoms with Crippen molar-refractivity contribution < 1.29 is 14.3 Å². The smallest absolute Gasteiger partial charge is 0.350 e. The summed E-state index contributed by atoms with van der Waals surface area (Å²) in [4.78, 5) is 21.7. The van der Waals surface area contributed by atoms with E-state index in [1.807, 2.05) is 0 Å². The van der Waals surface area contributed by atoms with E-state index in [9.17, 15) is 9.59 Å². The summed E-state index contributed by atoms with van der Waals surface area (Å²) >= 11 is 0. The second-order valence-corrected chi connectivity index (χ2v) is 2.11. The quantitative estimate of drug-likeness (QED) is 0.375. The molecule has 0 bridgehead atoms. The predicted octanol–water partition coefficient (Wildman–Crippen LogP) is -0.114. The van der Waals surface area contributed by atoms with Crippen LogP contribution in [0.2, 0.25) is 0 Å². The zero-order valence-corrected chi connectivity index (χ0v) is 7.96. The Kier molecular flexibility index (Phi) is 5.54. The summed E-state index contributed by atoms with van der Waals surface area (Å²) in [6.07, 6.45) is 0.997. The minimum absolute atomic E-state index is 0.178. The first-order valence-electron chi connectivity index (χ1n) is 3.91. The second-order valence-electron chi connectivity index (χ2n) is 2.11. The number of esters is 1. The molecule has 2 amide bonds. The fourth-order valence-corrected chi connectivity index (χ4v) is 0.556. The number of amides is 2. The highest BCUT2D eigenvalue weighted by Crippen LogP contribution is 1.94. The van der Waals surface area contributed by atoms with Gasteiger partial charge in [-0.15, -0.1) is 0 Å². The Hall–Kier alpha value is -2.03. The average molecular weight is 197 g/mol. The Morgan fingerprint density at radius 2 is 2.21 bits per heavy atom. The number of carbonyl (C=O) groups is 2. The zero-order valence-electron chi connectivity index (χ0n) is 7.96.